The predicted octanol–water partition coefficient (Wildman–Crippen LogP) is -1.82. The molecule has 3 aromatic rings. The van der Waals surface area contributed by atoms with Gasteiger partial charge in [-0.25, -0.2) is 9.37 Å². The summed E-state index contributed by atoms with van der Waals surface area (Å²) >= 11 is 0. The molecule has 3 heterocycles. The Kier molecular flexibility index (Phi) is 11.1. The molecule has 0 spiro atoms. The van der Waals surface area contributed by atoms with Crippen molar-refractivity contribution < 1.29 is 60.4 Å². The maximum Gasteiger partial charge on any atom is 0.336 e. The molecule has 18 nitrogen and oxygen atoms in total. The first-order chi connectivity index (χ1) is 25.1. The highest BCUT2D eigenvalue weighted by Gasteiger charge is 2.46. The molecule has 0 bridgehead atoms. The summed E-state index contributed by atoms with van der Waals surface area (Å²) in [6, 6.07) is 10.7. The van der Waals surface area contributed by atoms with Crippen molar-refractivity contribution in [3.8, 4) is 17.5 Å². The molecule has 20 heteroatoms. The van der Waals surface area contributed by atoms with Crippen LogP contribution in [-0.2, 0) is 43.0 Å². The number of carbonyl (C=O) groups excluding carboxylic acids is 2. The van der Waals surface area contributed by atoms with Gasteiger partial charge in [0, 0.05) is 73.2 Å². The number of benzene rings is 2. The van der Waals surface area contributed by atoms with Gasteiger partial charge in [0.25, 0.3) is 0 Å². The third kappa shape index (κ3) is 8.64. The number of nitrogens with zero attached hydrogens (tertiary/aromatic N) is 3. The van der Waals surface area contributed by atoms with Crippen molar-refractivity contribution in [1.29, 1.82) is 0 Å². The molecular weight excluding hydrogens is 739 g/mol. The maximum atomic E-state index is 13.9. The normalized spacial score (nSPS) is 19.4. The van der Waals surface area contributed by atoms with Crippen LogP contribution in [0.3, 0.4) is 0 Å². The predicted molar refractivity (Wildman–Crippen MR) is 188 cm³/mol. The molecule has 2 aliphatic heterocycles. The molecule has 0 radical (unpaired) electrons. The number of aromatic hydroxyl groups is 2. The lowest BCUT2D eigenvalue weighted by Gasteiger charge is -2.35. The van der Waals surface area contributed by atoms with Crippen LogP contribution in [0.5, 0.6) is 17.5 Å². The van der Waals surface area contributed by atoms with Crippen LogP contribution in [0.4, 0.5) is 5.69 Å². The first kappa shape index (κ1) is 38.2. The van der Waals surface area contributed by atoms with Crippen LogP contribution in [0.2, 0.25) is 0 Å². The van der Waals surface area contributed by atoms with Crippen LogP contribution in [0.1, 0.15) is 41.9 Å². The Morgan fingerprint density at radius 1 is 0.925 bits per heavy atom. The third-order valence-electron chi connectivity index (χ3n) is 9.42. The van der Waals surface area contributed by atoms with Crippen molar-refractivity contribution in [2.45, 2.75) is 44.1 Å². The van der Waals surface area contributed by atoms with E-state index >= 15 is 0 Å². The van der Waals surface area contributed by atoms with Crippen LogP contribution in [0, 0.1) is 0 Å². The van der Waals surface area contributed by atoms with Gasteiger partial charge in [0.2, 0.25) is 17.1 Å². The molecule has 6 rings (SSSR count). The summed E-state index contributed by atoms with van der Waals surface area (Å²) in [5.74, 6) is -2.55. The van der Waals surface area contributed by atoms with E-state index in [2.05, 4.69) is 4.58 Å². The number of Topliss-reactive ketones (excluding diaryl/α,β-unsaturated/α-hetero) is 1. The number of aliphatic hydroxyl groups excluding tert-OH is 1. The van der Waals surface area contributed by atoms with E-state index in [0.717, 1.165) is 61.0 Å². The number of aryl methyl sites for hydroxylation is 1. The number of carbonyl (C=O) groups is 2. The minimum atomic E-state index is -4.48. The highest BCUT2D eigenvalue weighted by Crippen LogP contribution is 2.40. The molecule has 2 aromatic carbocycles. The maximum absolute atomic E-state index is 13.9. The second-order valence-corrected chi connectivity index (χ2v) is 15.3. The summed E-state index contributed by atoms with van der Waals surface area (Å²) in [7, 11) is -8.96. The first-order valence-electron chi connectivity index (χ1n) is 16.9. The van der Waals surface area contributed by atoms with E-state index in [1.54, 1.807) is 29.2 Å². The summed E-state index contributed by atoms with van der Waals surface area (Å²) in [4.78, 5) is 33.1. The molecule has 2 unspecified atom stereocenters. The summed E-state index contributed by atoms with van der Waals surface area (Å²) in [6.45, 7) is 1.15. The Hall–Kier alpha value is -4.57. The minimum Gasteiger partial charge on any atom is -0.492 e. The van der Waals surface area contributed by atoms with Gasteiger partial charge in [-0.3, -0.25) is 13.9 Å². The van der Waals surface area contributed by atoms with E-state index < -0.39 is 50.4 Å². The quantitative estimate of drug-likeness (QED) is 0.0663. The summed E-state index contributed by atoms with van der Waals surface area (Å²) in [5.41, 5.74) is 3.11. The first-order valence-corrected chi connectivity index (χ1v) is 19.7. The van der Waals surface area contributed by atoms with Crippen molar-refractivity contribution in [2.75, 3.05) is 50.8 Å². The van der Waals surface area contributed by atoms with Gasteiger partial charge in [-0.05, 0) is 36.6 Å². The molecular formula is C33H40N5O13S2+. The fourth-order valence-electron chi connectivity index (χ4n) is 7.11. The van der Waals surface area contributed by atoms with E-state index in [-0.39, 0.29) is 50.6 Å². The summed E-state index contributed by atoms with van der Waals surface area (Å²) in [5, 5.41) is 32.6. The molecule has 1 aromatic heterocycles. The zero-order valence-corrected chi connectivity index (χ0v) is 30.0. The fourth-order valence-corrected chi connectivity index (χ4v) is 7.81. The average molecular weight is 779 g/mol. The molecule has 1 aliphatic carbocycles. The highest BCUT2D eigenvalue weighted by molar-refractivity contribution is 7.84. The van der Waals surface area contributed by atoms with Crippen molar-refractivity contribution in [3.63, 3.8) is 0 Å². The van der Waals surface area contributed by atoms with Crippen molar-refractivity contribution in [1.82, 2.24) is 18.8 Å². The van der Waals surface area contributed by atoms with Crippen LogP contribution < -0.4 is 39.1 Å². The van der Waals surface area contributed by atoms with Crippen LogP contribution >= 0.6 is 0 Å². The Bertz CT molecular complexity index is 2200. The Balaban J connectivity index is 1.26. The lowest BCUT2D eigenvalue weighted by molar-refractivity contribution is -0.146. The Morgan fingerprint density at radius 2 is 1.53 bits per heavy atom. The van der Waals surface area contributed by atoms with Crippen molar-refractivity contribution in [3.05, 3.63) is 69.7 Å². The molecule has 2 atom stereocenters. The second kappa shape index (κ2) is 15.4. The molecule has 0 amide bonds. The highest BCUT2D eigenvalue weighted by atomic mass is 32.2. The molecule has 286 valence electrons. The monoisotopic (exact) mass is 778 g/mol. The summed E-state index contributed by atoms with van der Waals surface area (Å²) < 4.78 is 75.6. The SMILES string of the molecule is O=C(CCOc1c2c3c(cc1=C1C(=O)C(c4ccc(N(CCNS(=O)(=O)O)CCNS(=O)(=O)O)cc4)C1O)CCC[N+]=3CCC2)On1c(O)ccc1O. The van der Waals surface area contributed by atoms with E-state index in [0.29, 0.717) is 33.4 Å². The van der Waals surface area contributed by atoms with Gasteiger partial charge < -0.3 is 29.8 Å². The minimum absolute atomic E-state index is 0.00505. The number of hydrogen-bond acceptors (Lipinski definition) is 12. The fraction of sp³-hybridized carbons (Fsp3) is 0.424. The number of aliphatic hydroxyl groups is 1. The van der Waals surface area contributed by atoms with Gasteiger partial charge in [0.15, 0.2) is 5.78 Å². The Labute approximate surface area is 304 Å². The molecule has 0 saturated heterocycles. The number of anilines is 1. The molecule has 1 fully saturated rings. The van der Waals surface area contributed by atoms with Gasteiger partial charge >= 0.3 is 26.6 Å². The van der Waals surface area contributed by atoms with Crippen molar-refractivity contribution in [2.24, 2.45) is 0 Å². The van der Waals surface area contributed by atoms with Gasteiger partial charge in [-0.1, -0.05) is 12.1 Å². The van der Waals surface area contributed by atoms with E-state index in [9.17, 15) is 41.7 Å². The van der Waals surface area contributed by atoms with E-state index in [1.165, 1.54) is 0 Å². The average Bonchev–Trinajstić information content (AvgIpc) is 3.40. The number of ketones is 1. The Morgan fingerprint density at radius 3 is 2.11 bits per heavy atom. The van der Waals surface area contributed by atoms with Crippen LogP contribution in [0.25, 0.3) is 5.57 Å². The zero-order valence-electron chi connectivity index (χ0n) is 28.3. The van der Waals surface area contributed by atoms with Gasteiger partial charge in [-0.15, -0.1) is 4.73 Å². The van der Waals surface area contributed by atoms with Gasteiger partial charge in [0.05, 0.1) is 30.6 Å². The number of hydrogen-bond donors (Lipinski definition) is 7. The number of ether oxygens (including phenoxy) is 1. The number of rotatable bonds is 15. The lowest BCUT2D eigenvalue weighted by atomic mass is 9.70. The van der Waals surface area contributed by atoms with E-state index in [1.807, 2.05) is 15.5 Å². The van der Waals surface area contributed by atoms with Crippen LogP contribution in [0.15, 0.2) is 42.5 Å². The standard InChI is InChI=1S/C33H39N5O13S2/c39-25-9-10-26(40)38(25)51-27(41)11-18-50-33-23-4-2-15-37-14-1-3-21(30(23)37)19-24(33)29-31(42)28(32(29)43)20-5-7-22(8-6-20)36(16-12-34-52(44,45)46)17-13-35-53(47,48)49/h5-10,19,28,31,34-35,42H,1-4,11-18H2,(H3,43,44,45,46,47,48,49)/p+1. The largest absolute Gasteiger partial charge is 0.492 e. The molecule has 3 aliphatic rings. The van der Waals surface area contributed by atoms with Crippen molar-refractivity contribution >= 4 is 43.6 Å². The topological polar surface area (TPSA) is 257 Å². The molecule has 7 N–H and O–H groups in total. The zero-order chi connectivity index (χ0) is 38.1. The van der Waals surface area contributed by atoms with Gasteiger partial charge in [0.1, 0.15) is 18.8 Å². The van der Waals surface area contributed by atoms with E-state index in [4.69, 9.17) is 18.7 Å². The molecule has 53 heavy (non-hydrogen) atoms. The number of aromatic nitrogens is 1. The summed E-state index contributed by atoms with van der Waals surface area (Å²) in [6.07, 6.45) is 1.74. The third-order valence-corrected chi connectivity index (χ3v) is 10.6. The lowest BCUT2D eigenvalue weighted by Crippen LogP contribution is -2.48. The van der Waals surface area contributed by atoms with Crippen LogP contribution in [-0.4, -0.2) is 110 Å². The smallest absolute Gasteiger partial charge is 0.336 e. The number of nitrogens with one attached hydrogen (secondary N) is 2. The molecule has 1 saturated carbocycles. The second-order valence-electron chi connectivity index (χ2n) is 12.9. The van der Waals surface area contributed by atoms with Gasteiger partial charge in [-0.2, -0.15) is 26.3 Å².